The number of nitrogens with one attached hydrogen (secondary N) is 1. The number of likely N-dealkylation sites (tertiary alicyclic amines) is 1. The Bertz CT molecular complexity index is 214. The Hall–Kier alpha value is -0.190. The van der Waals surface area contributed by atoms with Gasteiger partial charge in [-0.15, -0.1) is 0 Å². The molecule has 16 heavy (non-hydrogen) atoms. The molecule has 3 nitrogen and oxygen atoms in total. The second kappa shape index (κ2) is 5.43. The molecule has 0 aliphatic carbocycles. The molecule has 2 N–H and O–H groups in total. The van der Waals surface area contributed by atoms with Gasteiger partial charge in [0.1, 0.15) is 6.17 Å². The molecule has 0 bridgehead atoms. The molecular formula is C12H25FN2O. The van der Waals surface area contributed by atoms with E-state index < -0.39 is 11.8 Å². The van der Waals surface area contributed by atoms with Crippen molar-refractivity contribution < 1.29 is 9.50 Å². The zero-order valence-electron chi connectivity index (χ0n) is 10.8. The van der Waals surface area contributed by atoms with Gasteiger partial charge in [0.15, 0.2) is 0 Å². The molecule has 0 aromatic carbocycles. The molecule has 4 heteroatoms. The van der Waals surface area contributed by atoms with Crippen molar-refractivity contribution in [1.29, 1.82) is 0 Å². The molecule has 1 heterocycles. The molecule has 0 aromatic heterocycles. The second-order valence-corrected chi connectivity index (χ2v) is 5.86. The van der Waals surface area contributed by atoms with E-state index in [1.807, 2.05) is 4.90 Å². The highest BCUT2D eigenvalue weighted by Gasteiger charge is 2.29. The predicted molar refractivity (Wildman–Crippen MR) is 64.3 cm³/mol. The smallest absolute Gasteiger partial charge is 0.114 e. The molecule has 1 rings (SSSR count). The highest BCUT2D eigenvalue weighted by Crippen LogP contribution is 2.16. The van der Waals surface area contributed by atoms with Crippen LogP contribution in [0.25, 0.3) is 0 Å². The van der Waals surface area contributed by atoms with E-state index in [1.54, 1.807) is 13.8 Å². The largest absolute Gasteiger partial charge is 0.389 e. The molecule has 0 saturated carbocycles. The number of β-amino-alcohol motifs (C(OH)–C–C–N with tert-alkyl or cyclic N) is 1. The maximum absolute atomic E-state index is 13.5. The number of rotatable bonds is 4. The summed E-state index contributed by atoms with van der Waals surface area (Å²) in [6.07, 6.45) is -0.201. The molecule has 0 radical (unpaired) electrons. The SMILES string of the molecule is CC(C)NC1CC(F)CN(CC(C)(C)O)C1. The lowest BCUT2D eigenvalue weighted by molar-refractivity contribution is 0.00952. The van der Waals surface area contributed by atoms with Gasteiger partial charge in [0.05, 0.1) is 5.60 Å². The molecule has 0 spiro atoms. The summed E-state index contributed by atoms with van der Waals surface area (Å²) in [5, 5.41) is 13.1. The van der Waals surface area contributed by atoms with Gasteiger partial charge >= 0.3 is 0 Å². The first kappa shape index (κ1) is 13.9. The van der Waals surface area contributed by atoms with E-state index in [0.29, 0.717) is 25.6 Å². The zero-order valence-corrected chi connectivity index (χ0v) is 10.8. The van der Waals surface area contributed by atoms with Gasteiger partial charge in [-0.1, -0.05) is 13.8 Å². The zero-order chi connectivity index (χ0) is 12.3. The van der Waals surface area contributed by atoms with Crippen LogP contribution < -0.4 is 5.32 Å². The molecule has 0 amide bonds. The van der Waals surface area contributed by atoms with Gasteiger partial charge in [-0.2, -0.15) is 0 Å². The normalized spacial score (nSPS) is 28.7. The van der Waals surface area contributed by atoms with Crippen LogP contribution in [-0.4, -0.2) is 53.5 Å². The summed E-state index contributed by atoms with van der Waals surface area (Å²) in [6, 6.07) is 0.574. The van der Waals surface area contributed by atoms with Crippen molar-refractivity contribution in [2.24, 2.45) is 0 Å². The average Bonchev–Trinajstić information content (AvgIpc) is 1.96. The van der Waals surface area contributed by atoms with Crippen LogP contribution in [0, 0.1) is 0 Å². The summed E-state index contributed by atoms with van der Waals surface area (Å²) < 4.78 is 13.5. The average molecular weight is 232 g/mol. The Balaban J connectivity index is 2.47. The molecule has 1 aliphatic rings. The third-order valence-corrected chi connectivity index (χ3v) is 2.65. The summed E-state index contributed by atoms with van der Waals surface area (Å²) in [4.78, 5) is 2.01. The van der Waals surface area contributed by atoms with Crippen LogP contribution in [0.5, 0.6) is 0 Å². The highest BCUT2D eigenvalue weighted by atomic mass is 19.1. The first-order valence-electron chi connectivity index (χ1n) is 6.11. The first-order chi connectivity index (χ1) is 7.26. The fourth-order valence-electron chi connectivity index (χ4n) is 2.39. The third kappa shape index (κ3) is 5.23. The predicted octanol–water partition coefficient (Wildman–Crippen LogP) is 1.17. The minimum Gasteiger partial charge on any atom is -0.389 e. The van der Waals surface area contributed by atoms with Gasteiger partial charge in [0.2, 0.25) is 0 Å². The molecule has 2 atom stereocenters. The molecule has 1 fully saturated rings. The number of aliphatic hydroxyl groups is 1. The van der Waals surface area contributed by atoms with Gasteiger partial charge in [-0.25, -0.2) is 4.39 Å². The summed E-state index contributed by atoms with van der Waals surface area (Å²) >= 11 is 0. The Morgan fingerprint density at radius 2 is 2.06 bits per heavy atom. The molecule has 0 aromatic rings. The molecule has 2 unspecified atom stereocenters. The molecule has 96 valence electrons. The van der Waals surface area contributed by atoms with Gasteiger partial charge in [-0.05, 0) is 20.3 Å². The molecule has 1 aliphatic heterocycles. The Labute approximate surface area is 98.0 Å². The maximum Gasteiger partial charge on any atom is 0.114 e. The van der Waals surface area contributed by atoms with Crippen LogP contribution in [0.2, 0.25) is 0 Å². The fraction of sp³-hybridized carbons (Fsp3) is 1.00. The molecule has 1 saturated heterocycles. The van der Waals surface area contributed by atoms with Crippen molar-refractivity contribution in [2.75, 3.05) is 19.6 Å². The third-order valence-electron chi connectivity index (χ3n) is 2.65. The van der Waals surface area contributed by atoms with Gasteiger partial charge < -0.3 is 10.4 Å². The Morgan fingerprint density at radius 1 is 1.44 bits per heavy atom. The summed E-state index contributed by atoms with van der Waals surface area (Å²) in [7, 11) is 0. The van der Waals surface area contributed by atoms with E-state index in [-0.39, 0.29) is 6.04 Å². The van der Waals surface area contributed by atoms with Crippen LogP contribution in [0.1, 0.15) is 34.1 Å². The van der Waals surface area contributed by atoms with E-state index in [1.165, 1.54) is 0 Å². The topological polar surface area (TPSA) is 35.5 Å². The van der Waals surface area contributed by atoms with Gasteiger partial charge in [0.25, 0.3) is 0 Å². The number of piperidine rings is 1. The van der Waals surface area contributed by atoms with E-state index in [9.17, 15) is 9.50 Å². The van der Waals surface area contributed by atoms with Crippen LogP contribution in [0.4, 0.5) is 4.39 Å². The number of hydrogen-bond acceptors (Lipinski definition) is 3. The Kier molecular flexibility index (Phi) is 4.71. The van der Waals surface area contributed by atoms with Gasteiger partial charge in [0, 0.05) is 31.7 Å². The minimum atomic E-state index is -0.785. The second-order valence-electron chi connectivity index (χ2n) is 5.86. The highest BCUT2D eigenvalue weighted by molar-refractivity contribution is 4.86. The first-order valence-corrected chi connectivity index (χ1v) is 6.11. The van der Waals surface area contributed by atoms with Crippen molar-refractivity contribution in [3.05, 3.63) is 0 Å². The van der Waals surface area contributed by atoms with E-state index in [2.05, 4.69) is 19.2 Å². The van der Waals surface area contributed by atoms with Crippen molar-refractivity contribution in [1.82, 2.24) is 10.2 Å². The van der Waals surface area contributed by atoms with Crippen molar-refractivity contribution in [2.45, 2.75) is 58.0 Å². The molecular weight excluding hydrogens is 207 g/mol. The lowest BCUT2D eigenvalue weighted by Gasteiger charge is -2.38. The van der Waals surface area contributed by atoms with Crippen LogP contribution in [-0.2, 0) is 0 Å². The minimum absolute atomic E-state index is 0.200. The van der Waals surface area contributed by atoms with E-state index in [4.69, 9.17) is 0 Å². The quantitative estimate of drug-likeness (QED) is 0.764. The maximum atomic E-state index is 13.5. The van der Waals surface area contributed by atoms with Crippen molar-refractivity contribution >= 4 is 0 Å². The number of halogens is 1. The summed E-state index contributed by atoms with van der Waals surface area (Å²) in [5.41, 5.74) is -0.751. The van der Waals surface area contributed by atoms with Crippen molar-refractivity contribution in [3.8, 4) is 0 Å². The van der Waals surface area contributed by atoms with Crippen LogP contribution >= 0.6 is 0 Å². The van der Waals surface area contributed by atoms with E-state index in [0.717, 1.165) is 6.54 Å². The van der Waals surface area contributed by atoms with Crippen LogP contribution in [0.3, 0.4) is 0 Å². The summed E-state index contributed by atoms with van der Waals surface area (Å²) in [6.45, 7) is 9.47. The standard InChI is InChI=1S/C12H25FN2O/c1-9(2)14-11-5-10(13)6-15(7-11)8-12(3,4)16/h9-11,14,16H,5-8H2,1-4H3. The van der Waals surface area contributed by atoms with E-state index >= 15 is 0 Å². The Morgan fingerprint density at radius 3 is 2.56 bits per heavy atom. The summed E-state index contributed by atoms with van der Waals surface area (Å²) in [5.74, 6) is 0. The van der Waals surface area contributed by atoms with Gasteiger partial charge in [-0.3, -0.25) is 4.90 Å². The van der Waals surface area contributed by atoms with Crippen molar-refractivity contribution in [3.63, 3.8) is 0 Å². The lowest BCUT2D eigenvalue weighted by atomic mass is 10.0. The fourth-order valence-corrected chi connectivity index (χ4v) is 2.39. The van der Waals surface area contributed by atoms with Crippen LogP contribution in [0.15, 0.2) is 0 Å². The lowest BCUT2D eigenvalue weighted by Crippen LogP contribution is -2.54. The number of alkyl halides is 1. The number of hydrogen-bond donors (Lipinski definition) is 2. The monoisotopic (exact) mass is 232 g/mol. The number of nitrogens with zero attached hydrogens (tertiary/aromatic N) is 1.